The van der Waals surface area contributed by atoms with E-state index in [0.29, 0.717) is 5.56 Å². The molecule has 4 nitrogen and oxygen atoms in total. The third-order valence-electron chi connectivity index (χ3n) is 4.28. The Bertz CT molecular complexity index is 1000. The molecule has 0 bridgehead atoms. The van der Waals surface area contributed by atoms with Crippen LogP contribution in [0.15, 0.2) is 60.7 Å². The van der Waals surface area contributed by atoms with Gasteiger partial charge in [-0.25, -0.2) is 8.78 Å². The number of carbonyl (C=O) groups is 2. The fourth-order valence-corrected chi connectivity index (χ4v) is 2.90. The van der Waals surface area contributed by atoms with E-state index in [1.54, 1.807) is 0 Å². The highest BCUT2D eigenvalue weighted by Crippen LogP contribution is 2.17. The van der Waals surface area contributed by atoms with E-state index < -0.39 is 29.5 Å². The van der Waals surface area contributed by atoms with Crippen LogP contribution in [0.25, 0.3) is 10.8 Å². The molecule has 0 fully saturated rings. The van der Waals surface area contributed by atoms with Gasteiger partial charge in [-0.3, -0.25) is 9.59 Å². The summed E-state index contributed by atoms with van der Waals surface area (Å²) in [4.78, 5) is 23.9. The molecule has 0 saturated heterocycles. The summed E-state index contributed by atoms with van der Waals surface area (Å²) in [6, 6.07) is 15.9. The van der Waals surface area contributed by atoms with Gasteiger partial charge < -0.3 is 11.1 Å². The fraction of sp³-hybridized carbons (Fsp3) is 0.143. The summed E-state index contributed by atoms with van der Waals surface area (Å²) in [5.41, 5.74) is 6.58. The van der Waals surface area contributed by atoms with Crippen LogP contribution in [-0.2, 0) is 22.4 Å². The molecule has 0 spiro atoms. The molecule has 3 aromatic carbocycles. The summed E-state index contributed by atoms with van der Waals surface area (Å²) in [6.07, 6.45) is 0.0579. The molecule has 0 radical (unpaired) electrons. The maximum Gasteiger partial charge on any atom is 0.240 e. The highest BCUT2D eigenvalue weighted by atomic mass is 19.2. The van der Waals surface area contributed by atoms with Crippen LogP contribution in [0.3, 0.4) is 0 Å². The first-order chi connectivity index (χ1) is 12.9. The normalized spacial score (nSPS) is 11.9. The van der Waals surface area contributed by atoms with Crippen molar-refractivity contribution in [2.45, 2.75) is 18.9 Å². The number of hydrogen-bond donors (Lipinski definition) is 2. The number of primary amides is 1. The first kappa shape index (κ1) is 18.5. The lowest BCUT2D eigenvalue weighted by Crippen LogP contribution is -2.46. The van der Waals surface area contributed by atoms with E-state index in [9.17, 15) is 18.4 Å². The molecule has 0 aromatic heterocycles. The van der Waals surface area contributed by atoms with Crippen LogP contribution in [0.4, 0.5) is 8.78 Å². The Morgan fingerprint density at radius 1 is 0.889 bits per heavy atom. The standard InChI is InChI=1S/C21H18F2N2O2/c22-17-8-6-14(10-18(17)23)12-20(26)25-19(21(24)27)11-13-5-7-15-3-1-2-4-16(15)9-13/h1-10,19H,11-12H2,(H2,24,27)(H,25,26)/t19-/m1/s1. The molecule has 0 aliphatic rings. The van der Waals surface area contributed by atoms with E-state index in [1.807, 2.05) is 42.5 Å². The van der Waals surface area contributed by atoms with Crippen LogP contribution >= 0.6 is 0 Å². The summed E-state index contributed by atoms with van der Waals surface area (Å²) in [5.74, 6) is -3.17. The number of benzene rings is 3. The lowest BCUT2D eigenvalue weighted by atomic mass is 10.0. The second-order valence-corrected chi connectivity index (χ2v) is 6.33. The number of halogens is 2. The minimum Gasteiger partial charge on any atom is -0.368 e. The van der Waals surface area contributed by atoms with E-state index in [1.165, 1.54) is 6.07 Å². The van der Waals surface area contributed by atoms with Gasteiger partial charge in [-0.05, 0) is 34.0 Å². The van der Waals surface area contributed by atoms with Gasteiger partial charge >= 0.3 is 0 Å². The average Bonchev–Trinajstić information content (AvgIpc) is 2.64. The van der Waals surface area contributed by atoms with Crippen molar-refractivity contribution in [1.29, 1.82) is 0 Å². The van der Waals surface area contributed by atoms with Crippen LogP contribution in [0.1, 0.15) is 11.1 Å². The molecule has 3 N–H and O–H groups in total. The van der Waals surface area contributed by atoms with Crippen LogP contribution < -0.4 is 11.1 Å². The highest BCUT2D eigenvalue weighted by Gasteiger charge is 2.19. The third kappa shape index (κ3) is 4.67. The largest absolute Gasteiger partial charge is 0.368 e. The summed E-state index contributed by atoms with van der Waals surface area (Å²) in [7, 11) is 0. The molecule has 0 unspecified atom stereocenters. The van der Waals surface area contributed by atoms with E-state index in [4.69, 9.17) is 5.73 Å². The quantitative estimate of drug-likeness (QED) is 0.702. The van der Waals surface area contributed by atoms with Gasteiger partial charge in [-0.2, -0.15) is 0 Å². The Labute approximate surface area is 155 Å². The molecular formula is C21H18F2N2O2. The number of hydrogen-bond acceptors (Lipinski definition) is 2. The topological polar surface area (TPSA) is 72.2 Å². The number of nitrogens with one attached hydrogen (secondary N) is 1. The van der Waals surface area contributed by atoms with Crippen molar-refractivity contribution in [2.24, 2.45) is 5.73 Å². The maximum absolute atomic E-state index is 13.3. The number of carbonyl (C=O) groups excluding carboxylic acids is 2. The van der Waals surface area contributed by atoms with Gasteiger partial charge in [-0.1, -0.05) is 48.5 Å². The number of fused-ring (bicyclic) bond motifs is 1. The second kappa shape index (κ2) is 7.95. The van der Waals surface area contributed by atoms with E-state index in [0.717, 1.165) is 28.5 Å². The van der Waals surface area contributed by atoms with Gasteiger partial charge in [0, 0.05) is 6.42 Å². The zero-order chi connectivity index (χ0) is 19.4. The van der Waals surface area contributed by atoms with Crippen molar-refractivity contribution in [2.75, 3.05) is 0 Å². The zero-order valence-corrected chi connectivity index (χ0v) is 14.4. The molecule has 3 rings (SSSR count). The lowest BCUT2D eigenvalue weighted by Gasteiger charge is -2.16. The lowest BCUT2D eigenvalue weighted by molar-refractivity contribution is -0.127. The van der Waals surface area contributed by atoms with Gasteiger partial charge in [0.2, 0.25) is 11.8 Å². The fourth-order valence-electron chi connectivity index (χ4n) is 2.90. The molecule has 6 heteroatoms. The van der Waals surface area contributed by atoms with Crippen LogP contribution in [0.5, 0.6) is 0 Å². The summed E-state index contributed by atoms with van der Waals surface area (Å²) >= 11 is 0. The summed E-state index contributed by atoms with van der Waals surface area (Å²) < 4.78 is 26.2. The molecule has 2 amide bonds. The van der Waals surface area contributed by atoms with Gasteiger partial charge in [0.05, 0.1) is 6.42 Å². The number of nitrogens with two attached hydrogens (primary N) is 1. The van der Waals surface area contributed by atoms with Crippen LogP contribution in [0, 0.1) is 11.6 Å². The van der Waals surface area contributed by atoms with E-state index >= 15 is 0 Å². The minimum absolute atomic E-state index is 0.182. The number of rotatable bonds is 6. The smallest absolute Gasteiger partial charge is 0.240 e. The van der Waals surface area contributed by atoms with Crippen molar-refractivity contribution in [3.8, 4) is 0 Å². The predicted octanol–water partition coefficient (Wildman–Crippen LogP) is 2.87. The van der Waals surface area contributed by atoms with Gasteiger partial charge in [0.15, 0.2) is 11.6 Å². The minimum atomic E-state index is -1.03. The van der Waals surface area contributed by atoms with Crippen molar-refractivity contribution in [3.05, 3.63) is 83.4 Å². The van der Waals surface area contributed by atoms with Gasteiger partial charge in [-0.15, -0.1) is 0 Å². The molecule has 3 aromatic rings. The van der Waals surface area contributed by atoms with Crippen molar-refractivity contribution in [3.63, 3.8) is 0 Å². The summed E-state index contributed by atoms with van der Waals surface area (Å²) in [6.45, 7) is 0. The van der Waals surface area contributed by atoms with Crippen molar-refractivity contribution < 1.29 is 18.4 Å². The van der Waals surface area contributed by atoms with E-state index in [2.05, 4.69) is 5.32 Å². The van der Waals surface area contributed by atoms with E-state index in [-0.39, 0.29) is 12.8 Å². The average molecular weight is 368 g/mol. The van der Waals surface area contributed by atoms with Crippen molar-refractivity contribution >= 4 is 22.6 Å². The van der Waals surface area contributed by atoms with Crippen molar-refractivity contribution in [1.82, 2.24) is 5.32 Å². The molecular weight excluding hydrogens is 350 g/mol. The molecule has 138 valence electrons. The molecule has 27 heavy (non-hydrogen) atoms. The predicted molar refractivity (Wildman–Crippen MR) is 98.8 cm³/mol. The molecule has 0 aliphatic heterocycles. The van der Waals surface area contributed by atoms with Crippen LogP contribution in [0.2, 0.25) is 0 Å². The van der Waals surface area contributed by atoms with Gasteiger partial charge in [0.1, 0.15) is 6.04 Å². The maximum atomic E-state index is 13.3. The monoisotopic (exact) mass is 368 g/mol. The van der Waals surface area contributed by atoms with Gasteiger partial charge in [0.25, 0.3) is 0 Å². The Morgan fingerprint density at radius 2 is 1.59 bits per heavy atom. The first-order valence-electron chi connectivity index (χ1n) is 8.42. The Kier molecular flexibility index (Phi) is 5.45. The Hall–Kier alpha value is -3.28. The Balaban J connectivity index is 1.69. The molecule has 0 saturated carbocycles. The Morgan fingerprint density at radius 3 is 2.30 bits per heavy atom. The zero-order valence-electron chi connectivity index (χ0n) is 14.4. The first-order valence-corrected chi connectivity index (χ1v) is 8.42. The summed E-state index contributed by atoms with van der Waals surface area (Å²) in [5, 5.41) is 4.65. The second-order valence-electron chi connectivity index (χ2n) is 6.33. The number of amides is 2. The molecule has 1 atom stereocenters. The molecule has 0 aliphatic carbocycles. The molecule has 0 heterocycles. The SMILES string of the molecule is NC(=O)[C@@H](Cc1ccc2ccccc2c1)NC(=O)Cc1ccc(F)c(F)c1. The van der Waals surface area contributed by atoms with Crippen LogP contribution in [-0.4, -0.2) is 17.9 Å². The highest BCUT2D eigenvalue weighted by molar-refractivity contribution is 5.88. The third-order valence-corrected chi connectivity index (χ3v) is 4.28.